The molecule has 160 valence electrons. The molecule has 8 heteroatoms. The van der Waals surface area contributed by atoms with Gasteiger partial charge in [-0.1, -0.05) is 37.6 Å². The average molecular weight is 457 g/mol. The molecular formula is C23H21ClN2O4S. The highest BCUT2D eigenvalue weighted by molar-refractivity contribution is 7.13. The van der Waals surface area contributed by atoms with E-state index in [0.29, 0.717) is 21.3 Å². The summed E-state index contributed by atoms with van der Waals surface area (Å²) in [6.45, 7) is 5.10. The van der Waals surface area contributed by atoms with Gasteiger partial charge in [-0.3, -0.25) is 9.59 Å². The Balaban J connectivity index is 1.63. The van der Waals surface area contributed by atoms with Crippen molar-refractivity contribution in [3.8, 4) is 10.6 Å². The van der Waals surface area contributed by atoms with Gasteiger partial charge in [0, 0.05) is 33.1 Å². The van der Waals surface area contributed by atoms with Crippen molar-refractivity contribution in [1.29, 1.82) is 0 Å². The van der Waals surface area contributed by atoms with Gasteiger partial charge in [-0.15, -0.1) is 11.3 Å². The summed E-state index contributed by atoms with van der Waals surface area (Å²) >= 11 is 7.29. The number of benzene rings is 2. The minimum Gasteiger partial charge on any atom is -0.450 e. The number of nitrogens with one attached hydrogen (secondary N) is 1. The van der Waals surface area contributed by atoms with Crippen molar-refractivity contribution in [3.05, 3.63) is 70.2 Å². The zero-order valence-electron chi connectivity index (χ0n) is 17.2. The Kier molecular flexibility index (Phi) is 7.20. The molecule has 1 unspecified atom stereocenters. The van der Waals surface area contributed by atoms with Gasteiger partial charge in [0.25, 0.3) is 0 Å². The maximum absolute atomic E-state index is 12.6. The number of esters is 1. The first kappa shape index (κ1) is 22.7. The number of nitrogens with zero attached hydrogens (tertiary/aromatic N) is 1. The van der Waals surface area contributed by atoms with Gasteiger partial charge in [-0.05, 0) is 43.3 Å². The Morgan fingerprint density at radius 3 is 2.42 bits per heavy atom. The average Bonchev–Trinajstić information content (AvgIpc) is 3.24. The van der Waals surface area contributed by atoms with E-state index in [-0.39, 0.29) is 23.3 Å². The third-order valence-corrected chi connectivity index (χ3v) is 5.53. The highest BCUT2D eigenvalue weighted by Gasteiger charge is 2.22. The number of aromatic nitrogens is 1. The summed E-state index contributed by atoms with van der Waals surface area (Å²) in [5, 5.41) is 5.55. The number of hydrogen-bond donors (Lipinski definition) is 1. The molecule has 1 heterocycles. The van der Waals surface area contributed by atoms with Crippen molar-refractivity contribution in [3.63, 3.8) is 0 Å². The van der Waals surface area contributed by atoms with Gasteiger partial charge in [-0.25, -0.2) is 9.78 Å². The van der Waals surface area contributed by atoms with Crippen molar-refractivity contribution in [2.45, 2.75) is 26.9 Å². The molecule has 0 bridgehead atoms. The number of Topliss-reactive ketones (excluding diaryl/α,β-unsaturated/α-hetero) is 1. The molecule has 1 atom stereocenters. The van der Waals surface area contributed by atoms with Gasteiger partial charge in [-0.2, -0.15) is 0 Å². The van der Waals surface area contributed by atoms with E-state index in [0.717, 1.165) is 5.56 Å². The summed E-state index contributed by atoms with van der Waals surface area (Å²) in [5.41, 5.74) is 1.90. The van der Waals surface area contributed by atoms with Crippen LogP contribution in [0.25, 0.3) is 10.6 Å². The van der Waals surface area contributed by atoms with Crippen molar-refractivity contribution in [2.75, 3.05) is 5.32 Å². The van der Waals surface area contributed by atoms with Crippen LogP contribution in [0.2, 0.25) is 5.02 Å². The van der Waals surface area contributed by atoms with Crippen LogP contribution in [0.1, 0.15) is 41.6 Å². The van der Waals surface area contributed by atoms with Gasteiger partial charge in [0.05, 0.1) is 0 Å². The lowest BCUT2D eigenvalue weighted by Crippen LogP contribution is -2.24. The highest BCUT2D eigenvalue weighted by atomic mass is 35.5. The van der Waals surface area contributed by atoms with Crippen LogP contribution in [0.5, 0.6) is 0 Å². The lowest BCUT2D eigenvalue weighted by atomic mass is 10.1. The molecule has 1 N–H and O–H groups in total. The Hall–Kier alpha value is -3.03. The van der Waals surface area contributed by atoms with E-state index in [4.69, 9.17) is 16.3 Å². The first-order valence-electron chi connectivity index (χ1n) is 9.62. The number of carbonyl (C=O) groups excluding carboxylic acids is 3. The van der Waals surface area contributed by atoms with Crippen LogP contribution < -0.4 is 5.32 Å². The van der Waals surface area contributed by atoms with E-state index in [1.165, 1.54) is 18.3 Å². The van der Waals surface area contributed by atoms with Gasteiger partial charge < -0.3 is 10.1 Å². The summed E-state index contributed by atoms with van der Waals surface area (Å²) in [6.07, 6.45) is -0.986. The largest absolute Gasteiger partial charge is 0.450 e. The van der Waals surface area contributed by atoms with Crippen LogP contribution in [0.15, 0.2) is 53.9 Å². The number of ketones is 1. The number of hydrogen-bond acceptors (Lipinski definition) is 6. The normalized spacial score (nSPS) is 11.8. The Bertz CT molecular complexity index is 1110. The predicted octanol–water partition coefficient (Wildman–Crippen LogP) is 5.49. The fourth-order valence-electron chi connectivity index (χ4n) is 2.64. The maximum atomic E-state index is 12.6. The first-order valence-corrected chi connectivity index (χ1v) is 10.9. The molecule has 0 fully saturated rings. The number of amides is 1. The number of ether oxygens (including phenoxy) is 1. The second kappa shape index (κ2) is 9.85. The van der Waals surface area contributed by atoms with E-state index >= 15 is 0 Å². The summed E-state index contributed by atoms with van der Waals surface area (Å²) in [5.74, 6) is -1.28. The molecule has 0 aliphatic heterocycles. The van der Waals surface area contributed by atoms with Crippen molar-refractivity contribution in [1.82, 2.24) is 4.98 Å². The standard InChI is InChI=1S/C23H21ClN2O4S/c1-13(2)21(28)25-18-9-7-15(8-10-18)20(27)14(3)30-23(29)19-12-31-22(26-19)16-5-4-6-17(24)11-16/h4-14H,1-3H3,(H,25,28). The van der Waals surface area contributed by atoms with Gasteiger partial charge in [0.15, 0.2) is 11.8 Å². The molecule has 0 aliphatic rings. The van der Waals surface area contributed by atoms with Crippen molar-refractivity contribution in [2.24, 2.45) is 5.92 Å². The number of rotatable bonds is 7. The van der Waals surface area contributed by atoms with Crippen LogP contribution in [0.4, 0.5) is 5.69 Å². The Morgan fingerprint density at radius 2 is 1.77 bits per heavy atom. The predicted molar refractivity (Wildman–Crippen MR) is 122 cm³/mol. The lowest BCUT2D eigenvalue weighted by Gasteiger charge is -2.12. The molecule has 0 aliphatic carbocycles. The number of anilines is 1. The maximum Gasteiger partial charge on any atom is 0.358 e. The number of thiazole rings is 1. The molecule has 6 nitrogen and oxygen atoms in total. The summed E-state index contributed by atoms with van der Waals surface area (Å²) in [4.78, 5) is 41.1. The third-order valence-electron chi connectivity index (χ3n) is 4.40. The molecule has 1 aromatic heterocycles. The van der Waals surface area contributed by atoms with Crippen LogP contribution in [0, 0.1) is 5.92 Å². The fraction of sp³-hybridized carbons (Fsp3) is 0.217. The van der Waals surface area contributed by atoms with E-state index in [2.05, 4.69) is 10.3 Å². The lowest BCUT2D eigenvalue weighted by molar-refractivity contribution is -0.118. The van der Waals surface area contributed by atoms with Crippen LogP contribution in [-0.4, -0.2) is 28.7 Å². The van der Waals surface area contributed by atoms with E-state index in [9.17, 15) is 14.4 Å². The minimum absolute atomic E-state index is 0.109. The van der Waals surface area contributed by atoms with Crippen LogP contribution >= 0.6 is 22.9 Å². The molecule has 1 amide bonds. The molecule has 31 heavy (non-hydrogen) atoms. The Morgan fingerprint density at radius 1 is 1.06 bits per heavy atom. The van der Waals surface area contributed by atoms with Gasteiger partial charge in [0.1, 0.15) is 5.01 Å². The number of halogens is 1. The summed E-state index contributed by atoms with van der Waals surface area (Å²) in [6, 6.07) is 13.6. The minimum atomic E-state index is -0.986. The molecule has 3 rings (SSSR count). The fourth-order valence-corrected chi connectivity index (χ4v) is 3.61. The van der Waals surface area contributed by atoms with Crippen LogP contribution in [0.3, 0.4) is 0 Å². The molecule has 0 saturated carbocycles. The van der Waals surface area contributed by atoms with Crippen LogP contribution in [-0.2, 0) is 9.53 Å². The molecule has 0 spiro atoms. The molecule has 0 radical (unpaired) electrons. The number of carbonyl (C=O) groups is 3. The zero-order valence-corrected chi connectivity index (χ0v) is 18.8. The smallest absolute Gasteiger partial charge is 0.358 e. The Labute approximate surface area is 189 Å². The van der Waals surface area contributed by atoms with Gasteiger partial charge >= 0.3 is 5.97 Å². The van der Waals surface area contributed by atoms with Crippen molar-refractivity contribution < 1.29 is 19.1 Å². The SMILES string of the molecule is CC(C)C(=O)Nc1ccc(C(=O)C(C)OC(=O)c2csc(-c3cccc(Cl)c3)n2)cc1. The summed E-state index contributed by atoms with van der Waals surface area (Å²) in [7, 11) is 0. The monoisotopic (exact) mass is 456 g/mol. The zero-order chi connectivity index (χ0) is 22.5. The quantitative estimate of drug-likeness (QED) is 0.375. The first-order chi connectivity index (χ1) is 14.7. The topological polar surface area (TPSA) is 85.4 Å². The molecule has 3 aromatic rings. The second-order valence-electron chi connectivity index (χ2n) is 7.18. The molecular weight excluding hydrogens is 436 g/mol. The molecule has 0 saturated heterocycles. The third kappa shape index (κ3) is 5.77. The van der Waals surface area contributed by atoms with E-state index < -0.39 is 12.1 Å². The summed E-state index contributed by atoms with van der Waals surface area (Å²) < 4.78 is 5.31. The highest BCUT2D eigenvalue weighted by Crippen LogP contribution is 2.26. The van der Waals surface area contributed by atoms with E-state index in [1.54, 1.807) is 61.7 Å². The second-order valence-corrected chi connectivity index (χ2v) is 8.48. The molecule has 2 aromatic carbocycles. The van der Waals surface area contributed by atoms with E-state index in [1.807, 2.05) is 6.07 Å². The van der Waals surface area contributed by atoms with Gasteiger partial charge in [0.2, 0.25) is 11.7 Å². The van der Waals surface area contributed by atoms with Crippen molar-refractivity contribution >= 4 is 46.3 Å².